The van der Waals surface area contributed by atoms with Crippen LogP contribution in [0.3, 0.4) is 0 Å². The highest BCUT2D eigenvalue weighted by atomic mass is 16.3. The molecule has 0 radical (unpaired) electrons. The SMILES string of the molecule is CCCc1cc(N2CCNCC2)c2ocnc2c1. The average Bonchev–Trinajstić information content (AvgIpc) is 2.87. The molecule has 0 atom stereocenters. The van der Waals surface area contributed by atoms with E-state index in [0.717, 1.165) is 50.1 Å². The molecule has 2 heterocycles. The van der Waals surface area contributed by atoms with E-state index >= 15 is 0 Å². The molecule has 2 aromatic rings. The molecule has 1 N–H and O–H groups in total. The fourth-order valence-corrected chi connectivity index (χ4v) is 2.58. The number of nitrogens with zero attached hydrogens (tertiary/aromatic N) is 2. The molecular weight excluding hydrogens is 226 g/mol. The molecule has 1 aliphatic heterocycles. The fraction of sp³-hybridized carbons (Fsp3) is 0.500. The van der Waals surface area contributed by atoms with Crippen LogP contribution >= 0.6 is 0 Å². The Labute approximate surface area is 107 Å². The molecule has 18 heavy (non-hydrogen) atoms. The molecule has 0 bridgehead atoms. The monoisotopic (exact) mass is 245 g/mol. The second-order valence-corrected chi connectivity index (χ2v) is 4.80. The number of nitrogens with one attached hydrogen (secondary N) is 1. The summed E-state index contributed by atoms with van der Waals surface area (Å²) >= 11 is 0. The molecule has 0 amide bonds. The molecule has 1 aromatic heterocycles. The summed E-state index contributed by atoms with van der Waals surface area (Å²) in [4.78, 5) is 6.70. The fourth-order valence-electron chi connectivity index (χ4n) is 2.58. The molecule has 3 rings (SSSR count). The number of fused-ring (bicyclic) bond motifs is 1. The van der Waals surface area contributed by atoms with Crippen molar-refractivity contribution < 1.29 is 4.42 Å². The van der Waals surface area contributed by atoms with Crippen molar-refractivity contribution in [2.45, 2.75) is 19.8 Å². The molecule has 1 saturated heterocycles. The predicted octanol–water partition coefficient (Wildman–Crippen LogP) is 2.19. The number of aryl methyl sites for hydroxylation is 1. The van der Waals surface area contributed by atoms with Gasteiger partial charge in [0.05, 0.1) is 5.69 Å². The van der Waals surface area contributed by atoms with E-state index < -0.39 is 0 Å². The van der Waals surface area contributed by atoms with Gasteiger partial charge in [-0.2, -0.15) is 0 Å². The van der Waals surface area contributed by atoms with Crippen molar-refractivity contribution >= 4 is 16.8 Å². The minimum Gasteiger partial charge on any atom is -0.441 e. The standard InChI is InChI=1S/C14H19N3O/c1-2-3-11-8-12-14(18-10-16-12)13(9-11)17-6-4-15-5-7-17/h8-10,15H,2-7H2,1H3. The number of hydrogen-bond acceptors (Lipinski definition) is 4. The molecule has 1 aliphatic rings. The maximum atomic E-state index is 5.56. The third kappa shape index (κ3) is 2.08. The highest BCUT2D eigenvalue weighted by molar-refractivity contribution is 5.87. The summed E-state index contributed by atoms with van der Waals surface area (Å²) in [6, 6.07) is 4.41. The second kappa shape index (κ2) is 4.98. The Morgan fingerprint density at radius 1 is 1.33 bits per heavy atom. The van der Waals surface area contributed by atoms with Crippen molar-refractivity contribution in [3.05, 3.63) is 24.1 Å². The Bertz CT molecular complexity index is 529. The summed E-state index contributed by atoms with van der Waals surface area (Å²) in [6.07, 6.45) is 3.80. The van der Waals surface area contributed by atoms with Gasteiger partial charge in [-0.05, 0) is 24.1 Å². The average molecular weight is 245 g/mol. The first-order valence-electron chi connectivity index (χ1n) is 6.70. The number of oxazole rings is 1. The van der Waals surface area contributed by atoms with E-state index in [1.807, 2.05) is 0 Å². The summed E-state index contributed by atoms with van der Waals surface area (Å²) in [5.74, 6) is 0. The van der Waals surface area contributed by atoms with Crippen molar-refractivity contribution in [2.24, 2.45) is 0 Å². The van der Waals surface area contributed by atoms with E-state index in [2.05, 4.69) is 34.3 Å². The number of rotatable bonds is 3. The molecule has 0 spiro atoms. The Hall–Kier alpha value is -1.55. The number of aromatic nitrogens is 1. The van der Waals surface area contributed by atoms with Gasteiger partial charge in [-0.15, -0.1) is 0 Å². The van der Waals surface area contributed by atoms with Crippen molar-refractivity contribution in [2.75, 3.05) is 31.1 Å². The van der Waals surface area contributed by atoms with Gasteiger partial charge in [-0.3, -0.25) is 0 Å². The first-order valence-corrected chi connectivity index (χ1v) is 6.70. The second-order valence-electron chi connectivity index (χ2n) is 4.80. The van der Waals surface area contributed by atoms with E-state index in [1.165, 1.54) is 11.3 Å². The normalized spacial score (nSPS) is 16.4. The lowest BCUT2D eigenvalue weighted by atomic mass is 10.1. The highest BCUT2D eigenvalue weighted by Crippen LogP contribution is 2.29. The van der Waals surface area contributed by atoms with Crippen LogP contribution in [0.25, 0.3) is 11.1 Å². The van der Waals surface area contributed by atoms with E-state index in [0.29, 0.717) is 0 Å². The Balaban J connectivity index is 2.03. The molecule has 0 unspecified atom stereocenters. The molecule has 4 heteroatoms. The maximum Gasteiger partial charge on any atom is 0.182 e. The molecule has 96 valence electrons. The zero-order valence-corrected chi connectivity index (χ0v) is 10.8. The van der Waals surface area contributed by atoms with Gasteiger partial charge in [-0.1, -0.05) is 13.3 Å². The van der Waals surface area contributed by atoms with Gasteiger partial charge in [0.25, 0.3) is 0 Å². The smallest absolute Gasteiger partial charge is 0.182 e. The third-order valence-electron chi connectivity index (χ3n) is 3.47. The van der Waals surface area contributed by atoms with E-state index in [9.17, 15) is 0 Å². The first kappa shape index (κ1) is 11.5. The topological polar surface area (TPSA) is 41.3 Å². The van der Waals surface area contributed by atoms with Crippen LogP contribution in [0.1, 0.15) is 18.9 Å². The van der Waals surface area contributed by atoms with E-state index in [1.54, 1.807) is 6.39 Å². The van der Waals surface area contributed by atoms with Crippen LogP contribution in [0.15, 0.2) is 22.9 Å². The van der Waals surface area contributed by atoms with Crippen molar-refractivity contribution in [3.8, 4) is 0 Å². The molecule has 1 aromatic carbocycles. The van der Waals surface area contributed by atoms with Crippen molar-refractivity contribution in [1.29, 1.82) is 0 Å². The quantitative estimate of drug-likeness (QED) is 0.900. The molecular formula is C14H19N3O. The van der Waals surface area contributed by atoms with Crippen LogP contribution in [0, 0.1) is 0 Å². The largest absolute Gasteiger partial charge is 0.441 e. The first-order chi connectivity index (χ1) is 8.88. The minimum atomic E-state index is 0.928. The van der Waals surface area contributed by atoms with Crippen molar-refractivity contribution in [1.82, 2.24) is 10.3 Å². The number of piperazine rings is 1. The van der Waals surface area contributed by atoms with Gasteiger partial charge < -0.3 is 14.6 Å². The van der Waals surface area contributed by atoms with Gasteiger partial charge in [0, 0.05) is 26.2 Å². The van der Waals surface area contributed by atoms with Crippen LogP contribution < -0.4 is 10.2 Å². The lowest BCUT2D eigenvalue weighted by Gasteiger charge is -2.29. The zero-order chi connectivity index (χ0) is 12.4. The van der Waals surface area contributed by atoms with Crippen LogP contribution in [-0.4, -0.2) is 31.2 Å². The summed E-state index contributed by atoms with van der Waals surface area (Å²) in [7, 11) is 0. The lowest BCUT2D eigenvalue weighted by molar-refractivity contribution is 0.575. The van der Waals surface area contributed by atoms with Crippen LogP contribution in [0.2, 0.25) is 0 Å². The summed E-state index contributed by atoms with van der Waals surface area (Å²) in [6.45, 7) is 6.34. The molecule has 0 saturated carbocycles. The van der Waals surface area contributed by atoms with Gasteiger partial charge >= 0.3 is 0 Å². The van der Waals surface area contributed by atoms with E-state index in [-0.39, 0.29) is 0 Å². The van der Waals surface area contributed by atoms with Gasteiger partial charge in [0.1, 0.15) is 5.52 Å². The van der Waals surface area contributed by atoms with Crippen molar-refractivity contribution in [3.63, 3.8) is 0 Å². The Morgan fingerprint density at radius 3 is 2.94 bits per heavy atom. The number of hydrogen-bond donors (Lipinski definition) is 1. The zero-order valence-electron chi connectivity index (χ0n) is 10.8. The maximum absolute atomic E-state index is 5.56. The molecule has 0 aliphatic carbocycles. The minimum absolute atomic E-state index is 0.928. The summed E-state index contributed by atoms with van der Waals surface area (Å²) in [5.41, 5.74) is 4.47. The Kier molecular flexibility index (Phi) is 3.19. The summed E-state index contributed by atoms with van der Waals surface area (Å²) in [5, 5.41) is 3.38. The number of benzene rings is 1. The summed E-state index contributed by atoms with van der Waals surface area (Å²) < 4.78 is 5.56. The van der Waals surface area contributed by atoms with Gasteiger partial charge in [-0.25, -0.2) is 4.98 Å². The van der Waals surface area contributed by atoms with Gasteiger partial charge in [0.15, 0.2) is 12.0 Å². The number of anilines is 1. The molecule has 4 nitrogen and oxygen atoms in total. The third-order valence-corrected chi connectivity index (χ3v) is 3.47. The van der Waals surface area contributed by atoms with Crippen LogP contribution in [-0.2, 0) is 6.42 Å². The lowest BCUT2D eigenvalue weighted by Crippen LogP contribution is -2.43. The molecule has 1 fully saturated rings. The van der Waals surface area contributed by atoms with Crippen LogP contribution in [0.4, 0.5) is 5.69 Å². The predicted molar refractivity (Wildman–Crippen MR) is 73.1 cm³/mol. The van der Waals surface area contributed by atoms with E-state index in [4.69, 9.17) is 4.42 Å². The van der Waals surface area contributed by atoms with Gasteiger partial charge in [0.2, 0.25) is 0 Å². The van der Waals surface area contributed by atoms with Crippen LogP contribution in [0.5, 0.6) is 0 Å². The highest BCUT2D eigenvalue weighted by Gasteiger charge is 2.16. The Morgan fingerprint density at radius 2 is 2.17 bits per heavy atom.